The Bertz CT molecular complexity index is 3530. The number of ether oxygens (including phenoxy) is 15. The number of rotatable bonds is 25. The SMILES string of the molecule is CCS[C@@H]1O[C@@H]2CO[C@@H](c3ccccc3)O[C@H]2[C@H](OCc2cccc(COC[C@H]3O[C@@H]4O[C@H]5[C@H](OCc6ccccc6)[C@@H](OCc6ccccc6)[C@@H](OCc6ccccc6)O[C@@H]5COCc5cccc(c5)CO[C@@H]([C@@H]3O)[C@H]4OCc3ccccc3)c2)[C@H]1OCc1ccccc1. The van der Waals surface area contributed by atoms with E-state index in [1.54, 1.807) is 11.8 Å². The van der Waals surface area contributed by atoms with E-state index in [0.717, 1.165) is 61.4 Å². The van der Waals surface area contributed by atoms with Crippen molar-refractivity contribution in [1.29, 1.82) is 0 Å². The summed E-state index contributed by atoms with van der Waals surface area (Å²) >= 11 is 1.68. The van der Waals surface area contributed by atoms with E-state index in [2.05, 4.69) is 31.2 Å². The van der Waals surface area contributed by atoms with Gasteiger partial charge in [0, 0.05) is 5.56 Å². The Morgan fingerprint density at radius 3 is 1.47 bits per heavy atom. The summed E-state index contributed by atoms with van der Waals surface area (Å²) in [4.78, 5) is 0. The quantitative estimate of drug-likeness (QED) is 0.0575. The molecule has 8 aromatic rings. The molecule has 4 bridgehead atoms. The van der Waals surface area contributed by atoms with E-state index < -0.39 is 86.0 Å². The summed E-state index contributed by atoms with van der Waals surface area (Å²) in [7, 11) is 0. The van der Waals surface area contributed by atoms with Crippen LogP contribution in [0.4, 0.5) is 0 Å². The largest absolute Gasteiger partial charge is 0.387 e. The maximum absolute atomic E-state index is 12.8. The first-order chi connectivity index (χ1) is 46.9. The molecule has 498 valence electrons. The molecule has 0 spiro atoms. The van der Waals surface area contributed by atoms with Crippen molar-refractivity contribution >= 4 is 11.8 Å². The van der Waals surface area contributed by atoms with Gasteiger partial charge in [-0.25, -0.2) is 0 Å². The summed E-state index contributed by atoms with van der Waals surface area (Å²) < 4.78 is 103. The van der Waals surface area contributed by atoms with Crippen LogP contribution in [0.15, 0.2) is 231 Å². The van der Waals surface area contributed by atoms with E-state index in [-0.39, 0.29) is 77.6 Å². The molecule has 1 N–H and O–H groups in total. The van der Waals surface area contributed by atoms with Crippen molar-refractivity contribution in [2.75, 3.05) is 25.6 Å². The van der Waals surface area contributed by atoms with Gasteiger partial charge in [-0.2, -0.15) is 0 Å². The van der Waals surface area contributed by atoms with Crippen LogP contribution in [0.1, 0.15) is 68.8 Å². The highest BCUT2D eigenvalue weighted by molar-refractivity contribution is 7.99. The van der Waals surface area contributed by atoms with Crippen molar-refractivity contribution in [3.8, 4) is 0 Å². The molecule has 5 heterocycles. The molecule has 0 aromatic heterocycles. The smallest absolute Gasteiger partial charge is 0.187 e. The summed E-state index contributed by atoms with van der Waals surface area (Å²) in [5, 5.41) is 12.8. The van der Waals surface area contributed by atoms with Gasteiger partial charge in [0.2, 0.25) is 0 Å². The summed E-state index contributed by atoms with van der Waals surface area (Å²) in [5.41, 5.74) is 9.00. The van der Waals surface area contributed by atoms with Gasteiger partial charge in [0.05, 0.1) is 79.3 Å². The first-order valence-corrected chi connectivity index (χ1v) is 34.0. The lowest BCUT2D eigenvalue weighted by Gasteiger charge is -2.49. The van der Waals surface area contributed by atoms with Gasteiger partial charge < -0.3 is 76.2 Å². The van der Waals surface area contributed by atoms with E-state index in [0.29, 0.717) is 13.2 Å². The van der Waals surface area contributed by atoms with Crippen LogP contribution in [0.25, 0.3) is 0 Å². The second-order valence-corrected chi connectivity index (χ2v) is 25.8. The fourth-order valence-corrected chi connectivity index (χ4v) is 13.7. The second kappa shape index (κ2) is 34.1. The van der Waals surface area contributed by atoms with Gasteiger partial charge in [0.25, 0.3) is 0 Å². The van der Waals surface area contributed by atoms with E-state index in [1.165, 1.54) is 0 Å². The Balaban J connectivity index is 0.783. The Labute approximate surface area is 560 Å². The minimum absolute atomic E-state index is 0.0492. The average Bonchev–Trinajstić information content (AvgIpc) is 0.788. The number of hydrogen-bond donors (Lipinski definition) is 1. The van der Waals surface area contributed by atoms with Crippen molar-refractivity contribution in [2.24, 2.45) is 0 Å². The molecule has 95 heavy (non-hydrogen) atoms. The molecule has 0 aliphatic carbocycles. The maximum Gasteiger partial charge on any atom is 0.187 e. The fourth-order valence-electron chi connectivity index (χ4n) is 12.7. The third kappa shape index (κ3) is 18.0. The molecule has 0 saturated carbocycles. The Kier molecular flexibility index (Phi) is 24.1. The van der Waals surface area contributed by atoms with Gasteiger partial charge in [-0.1, -0.05) is 237 Å². The van der Waals surface area contributed by atoms with E-state index >= 15 is 0 Å². The van der Waals surface area contributed by atoms with Crippen LogP contribution in [0.2, 0.25) is 0 Å². The minimum Gasteiger partial charge on any atom is -0.387 e. The molecule has 16 atom stereocenters. The number of aliphatic hydroxyl groups is 1. The first kappa shape index (κ1) is 67.1. The molecule has 4 saturated heterocycles. The second-order valence-electron chi connectivity index (χ2n) is 24.4. The molecule has 5 aliphatic heterocycles. The maximum atomic E-state index is 12.8. The molecule has 17 heteroatoms. The standard InChI is InChI=1S/C78H84O16S/c1-2-95-78-74(87-46-56-29-15-6-16-30-56)71(68-65(92-78)52-89-75(93-68)62-37-19-8-20-38-62)84-49-61-36-22-33-58(40-61)41-80-50-63-66(79)69-72(85-44-54-25-11-4-12-26-54)77(90-63)94-67-64(51-81-42-59-34-21-35-60(39-59)48-82-69)91-76(88-47-57-31-17-7-18-32-57)73(86-45-55-27-13-5-14-28-55)70(67)83-43-53-23-9-3-10-24-53/h3-40,63-79H,2,41-52H2,1H3/t63-,64-,65-,66-,67-,68-,69+,70+,71+,72-,73-,74-,75-,76+,77-,78+/m1/s1. The van der Waals surface area contributed by atoms with Crippen molar-refractivity contribution in [1.82, 2.24) is 0 Å². The summed E-state index contributed by atoms with van der Waals surface area (Å²) in [6.45, 7) is 4.49. The predicted octanol–water partition coefficient (Wildman–Crippen LogP) is 12.6. The van der Waals surface area contributed by atoms with E-state index in [9.17, 15) is 5.11 Å². The fraction of sp³-hybridized carbons (Fsp3) is 0.385. The van der Waals surface area contributed by atoms with E-state index in [1.807, 2.05) is 206 Å². The molecule has 0 radical (unpaired) electrons. The summed E-state index contributed by atoms with van der Waals surface area (Å²) in [5.74, 6) is 0.811. The monoisotopic (exact) mass is 1310 g/mol. The van der Waals surface area contributed by atoms with E-state index in [4.69, 9.17) is 71.1 Å². The lowest BCUT2D eigenvalue weighted by molar-refractivity contribution is -0.376. The normalized spacial score (nSPS) is 28.5. The van der Waals surface area contributed by atoms with Crippen LogP contribution in [-0.4, -0.2) is 122 Å². The Morgan fingerprint density at radius 2 is 0.874 bits per heavy atom. The molecular weight excluding hydrogens is 1220 g/mol. The number of thioether (sulfide) groups is 1. The van der Waals surface area contributed by atoms with Crippen molar-refractivity contribution in [3.05, 3.63) is 286 Å². The molecular formula is C78H84O16S. The van der Waals surface area contributed by atoms with Crippen LogP contribution in [0.5, 0.6) is 0 Å². The molecule has 8 aromatic carbocycles. The van der Waals surface area contributed by atoms with Gasteiger partial charge >= 0.3 is 0 Å². The van der Waals surface area contributed by atoms with Crippen molar-refractivity contribution < 1.29 is 76.2 Å². The third-order valence-electron chi connectivity index (χ3n) is 17.6. The van der Waals surface area contributed by atoms with Gasteiger partial charge in [-0.05, 0) is 55.8 Å². The topological polar surface area (TPSA) is 159 Å². The Hall–Kier alpha value is -6.53. The summed E-state index contributed by atoms with van der Waals surface area (Å²) in [6, 6.07) is 76.0. The zero-order valence-electron chi connectivity index (χ0n) is 53.3. The third-order valence-corrected chi connectivity index (χ3v) is 18.6. The number of hydrogen-bond acceptors (Lipinski definition) is 17. The minimum atomic E-state index is -1.25. The number of aliphatic hydroxyl groups excluding tert-OH is 1. The van der Waals surface area contributed by atoms with Crippen LogP contribution in [0.3, 0.4) is 0 Å². The van der Waals surface area contributed by atoms with Gasteiger partial charge in [0.1, 0.15) is 78.7 Å². The highest BCUT2D eigenvalue weighted by atomic mass is 32.2. The zero-order chi connectivity index (χ0) is 64.4. The zero-order valence-corrected chi connectivity index (χ0v) is 54.2. The van der Waals surface area contributed by atoms with Crippen LogP contribution in [0, 0.1) is 0 Å². The average molecular weight is 1310 g/mol. The molecule has 0 amide bonds. The van der Waals surface area contributed by atoms with Crippen LogP contribution < -0.4 is 0 Å². The summed E-state index contributed by atoms with van der Waals surface area (Å²) in [6.07, 6.45) is -12.3. The Morgan fingerprint density at radius 1 is 0.400 bits per heavy atom. The van der Waals surface area contributed by atoms with Gasteiger partial charge in [-0.15, -0.1) is 11.8 Å². The lowest BCUT2D eigenvalue weighted by atomic mass is 9.95. The molecule has 0 unspecified atom stereocenters. The highest BCUT2D eigenvalue weighted by Crippen LogP contribution is 2.41. The van der Waals surface area contributed by atoms with Crippen molar-refractivity contribution in [3.63, 3.8) is 0 Å². The van der Waals surface area contributed by atoms with Gasteiger partial charge in [0.15, 0.2) is 18.9 Å². The molecule has 5 aliphatic rings. The first-order valence-electron chi connectivity index (χ1n) is 33.0. The molecule has 13 rings (SSSR count). The van der Waals surface area contributed by atoms with Gasteiger partial charge in [-0.3, -0.25) is 0 Å². The van der Waals surface area contributed by atoms with Crippen LogP contribution in [-0.2, 0) is 131 Å². The number of benzene rings is 8. The predicted molar refractivity (Wildman–Crippen MR) is 356 cm³/mol. The molecule has 4 fully saturated rings. The lowest BCUT2D eigenvalue weighted by Crippen LogP contribution is -2.66. The number of fused-ring (bicyclic) bond motifs is 6. The highest BCUT2D eigenvalue weighted by Gasteiger charge is 2.55. The molecule has 16 nitrogen and oxygen atoms in total. The van der Waals surface area contributed by atoms with Crippen molar-refractivity contribution in [2.45, 2.75) is 164 Å². The van der Waals surface area contributed by atoms with Crippen LogP contribution >= 0.6 is 11.8 Å².